The summed E-state index contributed by atoms with van der Waals surface area (Å²) in [6.45, 7) is 5.58. The summed E-state index contributed by atoms with van der Waals surface area (Å²) in [4.78, 5) is 11.8. The predicted molar refractivity (Wildman–Crippen MR) is 96.1 cm³/mol. The number of amides is 1. The fourth-order valence-corrected chi connectivity index (χ4v) is 2.33. The molecule has 0 fully saturated rings. The monoisotopic (exact) mass is 327 g/mol. The van der Waals surface area contributed by atoms with E-state index in [9.17, 15) is 4.79 Å². The minimum atomic E-state index is -0.511. The summed E-state index contributed by atoms with van der Waals surface area (Å²) in [6, 6.07) is 15.7. The average Bonchev–Trinajstić information content (AvgIpc) is 2.52. The van der Waals surface area contributed by atoms with Crippen molar-refractivity contribution in [3.63, 3.8) is 0 Å². The van der Waals surface area contributed by atoms with Gasteiger partial charge in [0.25, 0.3) is 0 Å². The van der Waals surface area contributed by atoms with Gasteiger partial charge < -0.3 is 9.84 Å². The van der Waals surface area contributed by atoms with E-state index in [0.29, 0.717) is 0 Å². The lowest BCUT2D eigenvalue weighted by Gasteiger charge is -2.19. The van der Waals surface area contributed by atoms with Crippen LogP contribution in [-0.2, 0) is 24.2 Å². The molecule has 0 heterocycles. The number of ether oxygens (including phenoxy) is 1. The Morgan fingerprint density at radius 3 is 2.25 bits per heavy atom. The lowest BCUT2D eigenvalue weighted by molar-refractivity contribution is 0.0636. The van der Waals surface area contributed by atoms with Crippen molar-refractivity contribution in [3.05, 3.63) is 65.2 Å². The number of hydrogen-bond acceptors (Lipinski definition) is 3. The Kier molecular flexibility index (Phi) is 5.99. The molecule has 1 amide bonds. The Morgan fingerprint density at radius 1 is 1.00 bits per heavy atom. The fraction of sp³-hybridized carbons (Fsp3) is 0.350. The second kappa shape index (κ2) is 7.97. The molecule has 0 spiro atoms. The summed E-state index contributed by atoms with van der Waals surface area (Å²) >= 11 is 0. The second-order valence-electron chi connectivity index (χ2n) is 6.80. The second-order valence-corrected chi connectivity index (χ2v) is 6.80. The maximum atomic E-state index is 11.8. The largest absolute Gasteiger partial charge is 0.444 e. The van der Waals surface area contributed by atoms with Gasteiger partial charge in [-0.05, 0) is 62.4 Å². The molecular weight excluding hydrogens is 302 g/mol. The Labute approximate surface area is 143 Å². The molecule has 0 radical (unpaired) electrons. The number of hydrogen-bond donors (Lipinski definition) is 2. The highest BCUT2D eigenvalue weighted by molar-refractivity contribution is 5.84. The molecule has 0 bridgehead atoms. The van der Waals surface area contributed by atoms with Crippen LogP contribution in [0.2, 0.25) is 0 Å². The van der Waals surface area contributed by atoms with Gasteiger partial charge in [-0.15, -0.1) is 0 Å². The Bertz CT molecular complexity index is 672. The van der Waals surface area contributed by atoms with Crippen LogP contribution in [0, 0.1) is 0 Å². The third kappa shape index (κ3) is 6.05. The Morgan fingerprint density at radius 2 is 1.62 bits per heavy atom. The summed E-state index contributed by atoms with van der Waals surface area (Å²) in [7, 11) is 0. The van der Waals surface area contributed by atoms with Crippen LogP contribution in [0.25, 0.3) is 0 Å². The first-order valence-electron chi connectivity index (χ1n) is 8.13. The van der Waals surface area contributed by atoms with Crippen LogP contribution in [0.15, 0.2) is 48.5 Å². The van der Waals surface area contributed by atoms with Gasteiger partial charge in [-0.1, -0.05) is 36.4 Å². The van der Waals surface area contributed by atoms with Crippen molar-refractivity contribution in [1.82, 2.24) is 0 Å². The van der Waals surface area contributed by atoms with Crippen molar-refractivity contribution >= 4 is 11.8 Å². The molecule has 0 aliphatic carbocycles. The standard InChI is InChI=1S/C20H25NO3/c1-20(2,3)24-19(23)21-18-6-4-5-16(13-18)10-7-15-8-11-17(14-22)12-9-15/h4-6,8-9,11-13,22H,7,10,14H2,1-3H3,(H,21,23). The van der Waals surface area contributed by atoms with Gasteiger partial charge in [0, 0.05) is 5.69 Å². The summed E-state index contributed by atoms with van der Waals surface area (Å²) in [5, 5.41) is 11.8. The van der Waals surface area contributed by atoms with Crippen LogP contribution >= 0.6 is 0 Å². The van der Waals surface area contributed by atoms with Gasteiger partial charge in [0.15, 0.2) is 0 Å². The van der Waals surface area contributed by atoms with Gasteiger partial charge in [0.2, 0.25) is 0 Å². The number of aryl methyl sites for hydroxylation is 2. The molecule has 0 saturated heterocycles. The molecule has 24 heavy (non-hydrogen) atoms. The van der Waals surface area contributed by atoms with E-state index in [1.165, 1.54) is 5.56 Å². The van der Waals surface area contributed by atoms with Crippen LogP contribution in [0.3, 0.4) is 0 Å². The summed E-state index contributed by atoms with van der Waals surface area (Å²) < 4.78 is 5.26. The fourth-order valence-electron chi connectivity index (χ4n) is 2.33. The minimum Gasteiger partial charge on any atom is -0.444 e. The van der Waals surface area contributed by atoms with Crippen molar-refractivity contribution in [2.24, 2.45) is 0 Å². The molecule has 0 aromatic heterocycles. The van der Waals surface area contributed by atoms with Gasteiger partial charge in [0.05, 0.1) is 6.61 Å². The molecule has 2 aromatic carbocycles. The number of anilines is 1. The van der Waals surface area contributed by atoms with E-state index in [-0.39, 0.29) is 6.61 Å². The average molecular weight is 327 g/mol. The summed E-state index contributed by atoms with van der Waals surface area (Å²) in [5.41, 5.74) is 3.51. The zero-order chi connectivity index (χ0) is 17.6. The first-order valence-corrected chi connectivity index (χ1v) is 8.13. The highest BCUT2D eigenvalue weighted by Crippen LogP contribution is 2.15. The van der Waals surface area contributed by atoms with Crippen molar-refractivity contribution in [2.45, 2.75) is 45.8 Å². The van der Waals surface area contributed by atoms with Crippen LogP contribution in [-0.4, -0.2) is 16.8 Å². The maximum Gasteiger partial charge on any atom is 0.412 e. The number of aliphatic hydroxyl groups is 1. The van der Waals surface area contributed by atoms with E-state index in [2.05, 4.69) is 5.32 Å². The van der Waals surface area contributed by atoms with Crippen molar-refractivity contribution in [2.75, 3.05) is 5.32 Å². The van der Waals surface area contributed by atoms with Crippen molar-refractivity contribution in [1.29, 1.82) is 0 Å². The topological polar surface area (TPSA) is 58.6 Å². The third-order valence-corrected chi connectivity index (χ3v) is 3.48. The first kappa shape index (κ1) is 18.0. The first-order chi connectivity index (χ1) is 11.4. The minimum absolute atomic E-state index is 0.0681. The summed E-state index contributed by atoms with van der Waals surface area (Å²) in [6.07, 6.45) is 1.34. The SMILES string of the molecule is CC(C)(C)OC(=O)Nc1cccc(CCc2ccc(CO)cc2)c1. The van der Waals surface area contributed by atoms with Crippen LogP contribution in [0.1, 0.15) is 37.5 Å². The highest BCUT2D eigenvalue weighted by atomic mass is 16.6. The lowest BCUT2D eigenvalue weighted by atomic mass is 10.0. The van der Waals surface area contributed by atoms with Crippen LogP contribution in [0.5, 0.6) is 0 Å². The normalized spacial score (nSPS) is 11.2. The number of carbonyl (C=O) groups is 1. The van der Waals surface area contributed by atoms with Crippen molar-refractivity contribution in [3.8, 4) is 0 Å². The quantitative estimate of drug-likeness (QED) is 0.860. The molecule has 4 heteroatoms. The molecule has 0 aliphatic heterocycles. The van der Waals surface area contributed by atoms with E-state index >= 15 is 0 Å². The van der Waals surface area contributed by atoms with Gasteiger partial charge in [-0.25, -0.2) is 4.79 Å². The maximum absolute atomic E-state index is 11.8. The molecular formula is C20H25NO3. The summed E-state index contributed by atoms with van der Waals surface area (Å²) in [5.74, 6) is 0. The van der Waals surface area contributed by atoms with Gasteiger partial charge in [0.1, 0.15) is 5.60 Å². The Balaban J connectivity index is 1.93. The molecule has 0 saturated carbocycles. The molecule has 0 aliphatic rings. The van der Waals surface area contributed by atoms with Crippen LogP contribution < -0.4 is 5.32 Å². The van der Waals surface area contributed by atoms with E-state index in [1.54, 1.807) is 0 Å². The smallest absolute Gasteiger partial charge is 0.412 e. The van der Waals surface area contributed by atoms with Crippen LogP contribution in [0.4, 0.5) is 10.5 Å². The molecule has 2 rings (SSSR count). The van der Waals surface area contributed by atoms with E-state index in [1.807, 2.05) is 69.3 Å². The molecule has 0 atom stereocenters. The molecule has 2 aromatic rings. The number of nitrogens with one attached hydrogen (secondary N) is 1. The molecule has 4 nitrogen and oxygen atoms in total. The van der Waals surface area contributed by atoms with Gasteiger partial charge in [-0.3, -0.25) is 5.32 Å². The van der Waals surface area contributed by atoms with E-state index < -0.39 is 11.7 Å². The molecule has 0 unspecified atom stereocenters. The zero-order valence-electron chi connectivity index (χ0n) is 14.5. The molecule has 2 N–H and O–H groups in total. The predicted octanol–water partition coefficient (Wildman–Crippen LogP) is 4.31. The highest BCUT2D eigenvalue weighted by Gasteiger charge is 2.16. The van der Waals surface area contributed by atoms with Crippen molar-refractivity contribution < 1.29 is 14.6 Å². The third-order valence-electron chi connectivity index (χ3n) is 3.48. The molecule has 128 valence electrons. The number of carbonyl (C=O) groups excluding carboxylic acids is 1. The number of benzene rings is 2. The van der Waals surface area contributed by atoms with Gasteiger partial charge >= 0.3 is 6.09 Å². The Hall–Kier alpha value is -2.33. The number of rotatable bonds is 5. The number of aliphatic hydroxyl groups excluding tert-OH is 1. The van der Waals surface area contributed by atoms with Gasteiger partial charge in [-0.2, -0.15) is 0 Å². The zero-order valence-corrected chi connectivity index (χ0v) is 14.5. The lowest BCUT2D eigenvalue weighted by Crippen LogP contribution is -2.27. The van der Waals surface area contributed by atoms with E-state index in [0.717, 1.165) is 29.7 Å². The van der Waals surface area contributed by atoms with E-state index in [4.69, 9.17) is 9.84 Å².